The van der Waals surface area contributed by atoms with Crippen molar-refractivity contribution in [3.63, 3.8) is 0 Å². The number of nitrogens with zero attached hydrogens (tertiary/aromatic N) is 1. The molecule has 0 amide bonds. The number of aromatic nitrogens is 1. The highest BCUT2D eigenvalue weighted by molar-refractivity contribution is 5.31. The standard InChI is InChI=1S/C12H11NO3/c1-8-9(2)16-12(15)13(11(8)14)10-6-4-3-5-7-10/h3-7H,1-2H3. The van der Waals surface area contributed by atoms with Gasteiger partial charge in [0, 0.05) is 0 Å². The lowest BCUT2D eigenvalue weighted by Crippen LogP contribution is -2.33. The molecule has 4 nitrogen and oxygen atoms in total. The Balaban J connectivity index is 2.82. The van der Waals surface area contributed by atoms with Gasteiger partial charge >= 0.3 is 5.76 Å². The van der Waals surface area contributed by atoms with Crippen LogP contribution < -0.4 is 11.3 Å². The van der Waals surface area contributed by atoms with Gasteiger partial charge in [0.15, 0.2) is 0 Å². The van der Waals surface area contributed by atoms with E-state index in [4.69, 9.17) is 4.42 Å². The van der Waals surface area contributed by atoms with Gasteiger partial charge in [-0.25, -0.2) is 9.36 Å². The molecule has 1 heterocycles. The van der Waals surface area contributed by atoms with Crippen molar-refractivity contribution < 1.29 is 4.42 Å². The fraction of sp³-hybridized carbons (Fsp3) is 0.167. The molecule has 82 valence electrons. The Morgan fingerprint density at radius 1 is 1.06 bits per heavy atom. The van der Waals surface area contributed by atoms with E-state index >= 15 is 0 Å². The average Bonchev–Trinajstić information content (AvgIpc) is 2.28. The summed E-state index contributed by atoms with van der Waals surface area (Å²) < 4.78 is 6.01. The SMILES string of the molecule is Cc1oc(=O)n(-c2ccccc2)c(=O)c1C. The minimum absolute atomic E-state index is 0.333. The normalized spacial score (nSPS) is 10.4. The third-order valence-electron chi connectivity index (χ3n) is 2.49. The highest BCUT2D eigenvalue weighted by Crippen LogP contribution is 2.03. The van der Waals surface area contributed by atoms with Gasteiger partial charge in [-0.3, -0.25) is 4.79 Å². The quantitative estimate of drug-likeness (QED) is 0.725. The first kappa shape index (κ1) is 10.4. The van der Waals surface area contributed by atoms with Crippen molar-refractivity contribution in [2.24, 2.45) is 0 Å². The Morgan fingerprint density at radius 3 is 2.31 bits per heavy atom. The van der Waals surface area contributed by atoms with E-state index in [2.05, 4.69) is 0 Å². The Labute approximate surface area is 91.8 Å². The number of hydrogen-bond donors (Lipinski definition) is 0. The molecule has 2 aromatic rings. The van der Waals surface area contributed by atoms with Crippen LogP contribution in [-0.4, -0.2) is 4.57 Å². The maximum Gasteiger partial charge on any atom is 0.426 e. The molecule has 0 fully saturated rings. The third-order valence-corrected chi connectivity index (χ3v) is 2.49. The van der Waals surface area contributed by atoms with Crippen LogP contribution in [0.4, 0.5) is 0 Å². The predicted molar refractivity (Wildman–Crippen MR) is 60.0 cm³/mol. The Morgan fingerprint density at radius 2 is 1.69 bits per heavy atom. The first-order valence-electron chi connectivity index (χ1n) is 4.90. The van der Waals surface area contributed by atoms with Crippen LogP contribution in [-0.2, 0) is 0 Å². The largest absolute Gasteiger partial charge is 0.426 e. The van der Waals surface area contributed by atoms with Gasteiger partial charge in [0.1, 0.15) is 5.76 Å². The molecule has 0 atom stereocenters. The fourth-order valence-corrected chi connectivity index (χ4v) is 1.45. The van der Waals surface area contributed by atoms with Gasteiger partial charge in [-0.1, -0.05) is 18.2 Å². The van der Waals surface area contributed by atoms with Gasteiger partial charge in [-0.2, -0.15) is 0 Å². The van der Waals surface area contributed by atoms with Gasteiger partial charge in [0.2, 0.25) is 0 Å². The van der Waals surface area contributed by atoms with Crippen LogP contribution in [0.5, 0.6) is 0 Å². The summed E-state index contributed by atoms with van der Waals surface area (Å²) >= 11 is 0. The second-order valence-corrected chi connectivity index (χ2v) is 3.53. The highest BCUT2D eigenvalue weighted by atomic mass is 16.4. The van der Waals surface area contributed by atoms with E-state index in [1.807, 2.05) is 6.07 Å². The molecule has 1 aromatic carbocycles. The van der Waals surface area contributed by atoms with Crippen LogP contribution in [0, 0.1) is 13.8 Å². The van der Waals surface area contributed by atoms with E-state index in [1.165, 1.54) is 0 Å². The topological polar surface area (TPSA) is 52.2 Å². The van der Waals surface area contributed by atoms with Gasteiger partial charge < -0.3 is 4.42 Å². The van der Waals surface area contributed by atoms with Crippen LogP contribution >= 0.6 is 0 Å². The molecule has 0 unspecified atom stereocenters. The summed E-state index contributed by atoms with van der Waals surface area (Å²) in [6, 6.07) is 8.71. The average molecular weight is 217 g/mol. The summed E-state index contributed by atoms with van der Waals surface area (Å²) in [7, 11) is 0. The van der Waals surface area contributed by atoms with Crippen molar-refractivity contribution in [1.82, 2.24) is 4.57 Å². The van der Waals surface area contributed by atoms with Crippen molar-refractivity contribution in [1.29, 1.82) is 0 Å². The number of aryl methyl sites for hydroxylation is 1. The summed E-state index contributed by atoms with van der Waals surface area (Å²) in [5.41, 5.74) is 0.632. The zero-order valence-electron chi connectivity index (χ0n) is 9.06. The van der Waals surface area contributed by atoms with Crippen LogP contribution in [0.1, 0.15) is 11.3 Å². The summed E-state index contributed by atoms with van der Waals surface area (Å²) in [6.07, 6.45) is 0. The second-order valence-electron chi connectivity index (χ2n) is 3.53. The lowest BCUT2D eigenvalue weighted by atomic mass is 10.2. The molecule has 16 heavy (non-hydrogen) atoms. The van der Waals surface area contributed by atoms with Gasteiger partial charge in [0.05, 0.1) is 11.3 Å². The zero-order chi connectivity index (χ0) is 11.7. The van der Waals surface area contributed by atoms with Crippen LogP contribution in [0.15, 0.2) is 44.3 Å². The number of benzene rings is 1. The minimum atomic E-state index is -0.653. The van der Waals surface area contributed by atoms with Crippen molar-refractivity contribution in [2.45, 2.75) is 13.8 Å². The molecule has 2 rings (SSSR count). The predicted octanol–water partition coefficient (Wildman–Crippen LogP) is 1.41. The molecule has 4 heteroatoms. The lowest BCUT2D eigenvalue weighted by molar-refractivity contribution is 0.427. The van der Waals surface area contributed by atoms with E-state index in [9.17, 15) is 9.59 Å². The maximum atomic E-state index is 11.9. The van der Waals surface area contributed by atoms with Crippen LogP contribution in [0.25, 0.3) is 5.69 Å². The first-order valence-corrected chi connectivity index (χ1v) is 4.90. The van der Waals surface area contributed by atoms with E-state index < -0.39 is 5.76 Å². The van der Waals surface area contributed by atoms with E-state index in [0.717, 1.165) is 4.57 Å². The highest BCUT2D eigenvalue weighted by Gasteiger charge is 2.10. The summed E-state index contributed by atoms with van der Waals surface area (Å²) in [6.45, 7) is 3.24. The molecule has 0 saturated heterocycles. The number of hydrogen-bond acceptors (Lipinski definition) is 3. The van der Waals surface area contributed by atoms with E-state index in [1.54, 1.807) is 38.1 Å². The molecule has 0 aliphatic rings. The molecule has 0 bridgehead atoms. The molecular weight excluding hydrogens is 206 g/mol. The number of rotatable bonds is 1. The van der Waals surface area contributed by atoms with E-state index in [-0.39, 0.29) is 5.56 Å². The monoisotopic (exact) mass is 217 g/mol. The van der Waals surface area contributed by atoms with Crippen molar-refractivity contribution in [3.8, 4) is 5.69 Å². The third kappa shape index (κ3) is 1.58. The lowest BCUT2D eigenvalue weighted by Gasteiger charge is -2.05. The Hall–Kier alpha value is -2.10. The zero-order valence-corrected chi connectivity index (χ0v) is 9.06. The van der Waals surface area contributed by atoms with Crippen molar-refractivity contribution >= 4 is 0 Å². The summed E-state index contributed by atoms with van der Waals surface area (Å²) in [4.78, 5) is 23.5. The molecule has 0 aliphatic heterocycles. The second kappa shape index (κ2) is 3.81. The molecule has 0 N–H and O–H groups in total. The van der Waals surface area contributed by atoms with Crippen LogP contribution in [0.3, 0.4) is 0 Å². The van der Waals surface area contributed by atoms with Gasteiger partial charge in [-0.05, 0) is 26.0 Å². The van der Waals surface area contributed by atoms with Gasteiger partial charge in [0.25, 0.3) is 5.56 Å². The smallest absolute Gasteiger partial charge is 0.414 e. The molecule has 0 saturated carbocycles. The van der Waals surface area contributed by atoms with Crippen LogP contribution in [0.2, 0.25) is 0 Å². The first-order chi connectivity index (χ1) is 7.61. The minimum Gasteiger partial charge on any atom is -0.414 e. The molecule has 0 aliphatic carbocycles. The van der Waals surface area contributed by atoms with Crippen molar-refractivity contribution in [2.75, 3.05) is 0 Å². The molecule has 0 radical (unpaired) electrons. The maximum absolute atomic E-state index is 11.9. The molecule has 0 spiro atoms. The molecule has 1 aromatic heterocycles. The summed E-state index contributed by atoms with van der Waals surface area (Å²) in [5, 5.41) is 0. The summed E-state index contributed by atoms with van der Waals surface area (Å²) in [5.74, 6) is -0.290. The van der Waals surface area contributed by atoms with Gasteiger partial charge in [-0.15, -0.1) is 0 Å². The Bertz CT molecular complexity index is 623. The fourth-order valence-electron chi connectivity index (χ4n) is 1.45. The van der Waals surface area contributed by atoms with Crippen molar-refractivity contribution in [3.05, 3.63) is 62.6 Å². The molecular formula is C12H11NO3. The Kier molecular flexibility index (Phi) is 2.48. The number of para-hydroxylation sites is 1. The van der Waals surface area contributed by atoms with E-state index in [0.29, 0.717) is 17.0 Å².